The summed E-state index contributed by atoms with van der Waals surface area (Å²) in [6.07, 6.45) is -0.0924. The average Bonchev–Trinajstić information content (AvgIpc) is 2.38. The van der Waals surface area contributed by atoms with Crippen LogP contribution in [0, 0.1) is 0 Å². The molecule has 0 amide bonds. The molecule has 2 aromatic rings. The van der Waals surface area contributed by atoms with Crippen molar-refractivity contribution in [3.63, 3.8) is 0 Å². The standard InChI is InChI=1S/C15H14O4/c1-9-8-18-14-4-2-10(16)6-12(14)13-7-11(17)3-5-15(13)19-9/h2-7,9,16-17H,8H2,1H3/t9-/m0/s1. The van der Waals surface area contributed by atoms with Crippen LogP contribution >= 0.6 is 0 Å². The zero-order valence-electron chi connectivity index (χ0n) is 10.5. The summed E-state index contributed by atoms with van der Waals surface area (Å²) in [6, 6.07) is 9.81. The molecule has 4 nitrogen and oxygen atoms in total. The van der Waals surface area contributed by atoms with Gasteiger partial charge in [-0.3, -0.25) is 0 Å². The van der Waals surface area contributed by atoms with Crippen molar-refractivity contribution in [2.45, 2.75) is 13.0 Å². The lowest BCUT2D eigenvalue weighted by Gasteiger charge is -2.23. The highest BCUT2D eigenvalue weighted by Gasteiger charge is 2.19. The van der Waals surface area contributed by atoms with Crippen molar-refractivity contribution in [3.05, 3.63) is 36.4 Å². The van der Waals surface area contributed by atoms with Crippen molar-refractivity contribution >= 4 is 0 Å². The molecule has 98 valence electrons. The van der Waals surface area contributed by atoms with E-state index in [1.807, 2.05) is 6.92 Å². The predicted molar refractivity (Wildman–Crippen MR) is 70.8 cm³/mol. The first-order valence-electron chi connectivity index (χ1n) is 6.09. The van der Waals surface area contributed by atoms with E-state index in [-0.39, 0.29) is 17.6 Å². The van der Waals surface area contributed by atoms with Gasteiger partial charge in [0.1, 0.15) is 35.7 Å². The first-order chi connectivity index (χ1) is 9.13. The van der Waals surface area contributed by atoms with E-state index >= 15 is 0 Å². The Morgan fingerprint density at radius 2 is 1.53 bits per heavy atom. The van der Waals surface area contributed by atoms with Crippen LogP contribution in [0.15, 0.2) is 36.4 Å². The molecule has 1 aliphatic heterocycles. The van der Waals surface area contributed by atoms with E-state index < -0.39 is 0 Å². The minimum atomic E-state index is -0.0924. The molecule has 3 rings (SSSR count). The van der Waals surface area contributed by atoms with E-state index in [4.69, 9.17) is 9.47 Å². The van der Waals surface area contributed by atoms with Crippen LogP contribution in [0.1, 0.15) is 6.92 Å². The molecule has 0 saturated carbocycles. The molecule has 0 fully saturated rings. The van der Waals surface area contributed by atoms with Gasteiger partial charge in [-0.25, -0.2) is 0 Å². The first kappa shape index (κ1) is 11.7. The molecule has 0 bridgehead atoms. The van der Waals surface area contributed by atoms with Crippen molar-refractivity contribution in [3.8, 4) is 34.1 Å². The number of aromatic hydroxyl groups is 2. The van der Waals surface area contributed by atoms with Gasteiger partial charge in [-0.15, -0.1) is 0 Å². The summed E-state index contributed by atoms with van der Waals surface area (Å²) in [7, 11) is 0. The molecule has 0 radical (unpaired) electrons. The molecule has 2 N–H and O–H groups in total. The van der Waals surface area contributed by atoms with Crippen LogP contribution in [0.2, 0.25) is 0 Å². The van der Waals surface area contributed by atoms with E-state index in [2.05, 4.69) is 0 Å². The van der Waals surface area contributed by atoms with Gasteiger partial charge in [0.05, 0.1) is 0 Å². The quantitative estimate of drug-likeness (QED) is 0.762. The van der Waals surface area contributed by atoms with Gasteiger partial charge in [-0.05, 0) is 43.3 Å². The van der Waals surface area contributed by atoms with Crippen LogP contribution in [0.3, 0.4) is 0 Å². The van der Waals surface area contributed by atoms with Crippen molar-refractivity contribution in [1.29, 1.82) is 0 Å². The smallest absolute Gasteiger partial charge is 0.130 e. The van der Waals surface area contributed by atoms with Crippen molar-refractivity contribution in [2.75, 3.05) is 6.61 Å². The number of rotatable bonds is 0. The summed E-state index contributed by atoms with van der Waals surface area (Å²) in [5.74, 6) is 1.62. The van der Waals surface area contributed by atoms with E-state index in [0.29, 0.717) is 29.2 Å². The van der Waals surface area contributed by atoms with Gasteiger partial charge >= 0.3 is 0 Å². The Kier molecular flexibility index (Phi) is 2.71. The Morgan fingerprint density at radius 1 is 0.947 bits per heavy atom. The Bertz CT molecular complexity index is 622. The second-order valence-corrected chi connectivity index (χ2v) is 4.60. The summed E-state index contributed by atoms with van der Waals surface area (Å²) in [5, 5.41) is 19.3. The van der Waals surface area contributed by atoms with Gasteiger partial charge in [0.15, 0.2) is 0 Å². The molecule has 1 aliphatic rings. The van der Waals surface area contributed by atoms with E-state index in [0.717, 1.165) is 0 Å². The van der Waals surface area contributed by atoms with E-state index in [1.165, 1.54) is 0 Å². The first-order valence-corrected chi connectivity index (χ1v) is 6.09. The fourth-order valence-corrected chi connectivity index (χ4v) is 2.14. The molecule has 0 saturated heterocycles. The highest BCUT2D eigenvalue weighted by atomic mass is 16.5. The summed E-state index contributed by atoms with van der Waals surface area (Å²) >= 11 is 0. The highest BCUT2D eigenvalue weighted by Crippen LogP contribution is 2.41. The third-order valence-electron chi connectivity index (χ3n) is 3.02. The van der Waals surface area contributed by atoms with Crippen molar-refractivity contribution < 1.29 is 19.7 Å². The third-order valence-corrected chi connectivity index (χ3v) is 3.02. The van der Waals surface area contributed by atoms with Gasteiger partial charge < -0.3 is 19.7 Å². The summed E-state index contributed by atoms with van der Waals surface area (Å²) in [4.78, 5) is 0. The number of phenols is 2. The zero-order valence-corrected chi connectivity index (χ0v) is 10.5. The molecule has 4 heteroatoms. The monoisotopic (exact) mass is 258 g/mol. The lowest BCUT2D eigenvalue weighted by atomic mass is 10.0. The van der Waals surface area contributed by atoms with Crippen LogP contribution in [-0.2, 0) is 0 Å². The highest BCUT2D eigenvalue weighted by molar-refractivity contribution is 5.78. The topological polar surface area (TPSA) is 58.9 Å². The molecule has 1 atom stereocenters. The van der Waals surface area contributed by atoms with Gasteiger partial charge in [-0.1, -0.05) is 0 Å². The second-order valence-electron chi connectivity index (χ2n) is 4.60. The van der Waals surface area contributed by atoms with Crippen LogP contribution in [0.5, 0.6) is 23.0 Å². The number of fused-ring (bicyclic) bond motifs is 3. The Morgan fingerprint density at radius 3 is 2.21 bits per heavy atom. The summed E-state index contributed by atoms with van der Waals surface area (Å²) in [6.45, 7) is 2.35. The average molecular weight is 258 g/mol. The molecule has 0 aromatic heterocycles. The molecule has 1 heterocycles. The number of ether oxygens (including phenoxy) is 2. The third kappa shape index (κ3) is 2.17. The minimum absolute atomic E-state index is 0.0924. The predicted octanol–water partition coefficient (Wildman–Crippen LogP) is 2.92. The molecule has 0 spiro atoms. The van der Waals surface area contributed by atoms with Crippen molar-refractivity contribution in [1.82, 2.24) is 0 Å². The van der Waals surface area contributed by atoms with Gasteiger partial charge in [0.25, 0.3) is 0 Å². The van der Waals surface area contributed by atoms with E-state index in [9.17, 15) is 10.2 Å². The molecular formula is C15H14O4. The largest absolute Gasteiger partial charge is 0.508 e. The maximum atomic E-state index is 9.65. The van der Waals surface area contributed by atoms with Crippen molar-refractivity contribution in [2.24, 2.45) is 0 Å². The summed E-state index contributed by atoms with van der Waals surface area (Å²) in [5.41, 5.74) is 1.41. The SMILES string of the molecule is C[C@H]1COc2ccc(O)cc2-c2cc(O)ccc2O1. The molecule has 2 aromatic carbocycles. The number of benzene rings is 2. The maximum absolute atomic E-state index is 9.65. The minimum Gasteiger partial charge on any atom is -0.508 e. The van der Waals surface area contributed by atoms with Gasteiger partial charge in [0, 0.05) is 11.1 Å². The fraction of sp³-hybridized carbons (Fsp3) is 0.200. The Labute approximate surface area is 110 Å². The number of hydrogen-bond donors (Lipinski definition) is 2. The van der Waals surface area contributed by atoms with Crippen LogP contribution < -0.4 is 9.47 Å². The van der Waals surface area contributed by atoms with E-state index in [1.54, 1.807) is 36.4 Å². The van der Waals surface area contributed by atoms with Gasteiger partial charge in [-0.2, -0.15) is 0 Å². The van der Waals surface area contributed by atoms with Gasteiger partial charge in [0.2, 0.25) is 0 Å². The molecule has 19 heavy (non-hydrogen) atoms. The Hall–Kier alpha value is -2.36. The maximum Gasteiger partial charge on any atom is 0.130 e. The fourth-order valence-electron chi connectivity index (χ4n) is 2.14. The Balaban J connectivity index is 2.24. The van der Waals surface area contributed by atoms with Crippen LogP contribution in [-0.4, -0.2) is 22.9 Å². The van der Waals surface area contributed by atoms with Crippen LogP contribution in [0.4, 0.5) is 0 Å². The second kappa shape index (κ2) is 4.39. The zero-order chi connectivity index (χ0) is 13.4. The molecule has 0 aliphatic carbocycles. The lowest BCUT2D eigenvalue weighted by Crippen LogP contribution is -2.23. The number of phenolic OH excluding ortho intramolecular Hbond substituents is 2. The van der Waals surface area contributed by atoms with Crippen LogP contribution in [0.25, 0.3) is 11.1 Å². The lowest BCUT2D eigenvalue weighted by molar-refractivity contribution is 0.141. The molecule has 0 unspecified atom stereocenters. The molecular weight excluding hydrogens is 244 g/mol. The normalized spacial score (nSPS) is 17.2. The number of hydrogen-bond acceptors (Lipinski definition) is 4. The summed E-state index contributed by atoms with van der Waals surface area (Å²) < 4.78 is 11.4.